The third kappa shape index (κ3) is 23.4. The number of hydrogen-bond donors (Lipinski definition) is 0. The summed E-state index contributed by atoms with van der Waals surface area (Å²) in [5, 5.41) is 0. The van der Waals surface area contributed by atoms with Crippen LogP contribution in [0.25, 0.3) is 0 Å². The van der Waals surface area contributed by atoms with Crippen LogP contribution in [0.2, 0.25) is 0 Å². The van der Waals surface area contributed by atoms with E-state index in [1.165, 1.54) is 0 Å². The van der Waals surface area contributed by atoms with Gasteiger partial charge in [-0.15, -0.1) is 95.9 Å². The normalized spacial score (nSPS) is 5.65. The summed E-state index contributed by atoms with van der Waals surface area (Å²) in [5.74, 6) is 0. The van der Waals surface area contributed by atoms with Crippen LogP contribution >= 0.6 is 95.9 Å². The van der Waals surface area contributed by atoms with E-state index < -0.39 is 0 Å². The smallest absolute Gasteiger partial charge is 0 e. The van der Waals surface area contributed by atoms with E-state index in [4.69, 9.17) is 0 Å². The van der Waals surface area contributed by atoms with Gasteiger partial charge in [-0.25, -0.2) is 0 Å². The quantitative estimate of drug-likeness (QED) is 0.236. The van der Waals surface area contributed by atoms with Gasteiger partial charge < -0.3 is 0 Å². The molecule has 1 radical (unpaired) electrons. The molecule has 2 aromatic carbocycles. The molecular weight excluding hydrogens is 715 g/mol. The molecule has 0 aliphatic carbocycles. The Morgan fingerprint density at radius 3 is 0.353 bits per heavy atom. The van der Waals surface area contributed by atoms with Gasteiger partial charge in [0.2, 0.25) is 0 Å². The summed E-state index contributed by atoms with van der Waals surface area (Å²) in [6.07, 6.45) is 0. The van der Waals surface area contributed by atoms with Crippen molar-refractivity contribution >= 4 is 95.9 Å². The van der Waals surface area contributed by atoms with Gasteiger partial charge in [-0.1, -0.05) is 72.8 Å². The van der Waals surface area contributed by atoms with Crippen molar-refractivity contribution in [1.82, 2.24) is 0 Å². The fourth-order valence-electron chi connectivity index (χ4n) is 0.770. The molecule has 0 atom stereocenters. The molecule has 17 heavy (non-hydrogen) atoms. The van der Waals surface area contributed by atoms with Crippen molar-refractivity contribution in [2.24, 2.45) is 0 Å². The minimum Gasteiger partial charge on any atom is -0.107 e. The molecular formula is C12H16CuI4. The van der Waals surface area contributed by atoms with Crippen molar-refractivity contribution < 1.29 is 17.1 Å². The Morgan fingerprint density at radius 2 is 0.294 bits per heavy atom. The molecule has 0 aliphatic heterocycles. The topological polar surface area (TPSA) is 0 Å². The Kier molecular flexibility index (Phi) is 48.7. The summed E-state index contributed by atoms with van der Waals surface area (Å²) in [7, 11) is 0. The molecule has 2 rings (SSSR count). The number of halogens is 4. The van der Waals surface area contributed by atoms with Gasteiger partial charge in [0, 0.05) is 17.1 Å². The molecule has 0 aliphatic rings. The first-order valence-electron chi connectivity index (χ1n) is 4.00. The number of benzene rings is 2. The zero-order chi connectivity index (χ0) is 8.49. The maximum atomic E-state index is 2.00. The first-order valence-corrected chi connectivity index (χ1v) is 4.00. The van der Waals surface area contributed by atoms with Crippen molar-refractivity contribution in [1.29, 1.82) is 0 Å². The molecule has 0 nitrogen and oxygen atoms in total. The molecule has 0 saturated carbocycles. The van der Waals surface area contributed by atoms with Crippen LogP contribution in [-0.2, 0) is 17.1 Å². The van der Waals surface area contributed by atoms with Crippen LogP contribution in [0.3, 0.4) is 0 Å². The molecule has 0 bridgehead atoms. The van der Waals surface area contributed by atoms with Crippen LogP contribution < -0.4 is 0 Å². The zero-order valence-electron chi connectivity index (χ0n) is 8.86. The van der Waals surface area contributed by atoms with E-state index in [0.29, 0.717) is 0 Å². The van der Waals surface area contributed by atoms with Crippen molar-refractivity contribution in [3.63, 3.8) is 0 Å². The van der Waals surface area contributed by atoms with Gasteiger partial charge in [-0.2, -0.15) is 0 Å². The zero-order valence-corrected chi connectivity index (χ0v) is 19.1. The predicted molar refractivity (Wildman–Crippen MR) is 115 cm³/mol. The summed E-state index contributed by atoms with van der Waals surface area (Å²) >= 11 is 0. The summed E-state index contributed by atoms with van der Waals surface area (Å²) in [4.78, 5) is 0. The van der Waals surface area contributed by atoms with Crippen LogP contribution in [0, 0.1) is 0 Å². The van der Waals surface area contributed by atoms with E-state index in [0.717, 1.165) is 0 Å². The maximum absolute atomic E-state index is 2.00. The Bertz CT molecular complexity index is 194. The average molecular weight is 731 g/mol. The summed E-state index contributed by atoms with van der Waals surface area (Å²) in [5.41, 5.74) is 0. The molecule has 0 saturated heterocycles. The Balaban J connectivity index is -0.0000000436. The van der Waals surface area contributed by atoms with Crippen molar-refractivity contribution in [3.8, 4) is 0 Å². The molecule has 0 unspecified atom stereocenters. The second-order valence-corrected chi connectivity index (χ2v) is 2.31. The molecule has 103 valence electrons. The Morgan fingerprint density at radius 1 is 0.235 bits per heavy atom. The maximum Gasteiger partial charge on any atom is 0 e. The van der Waals surface area contributed by atoms with Gasteiger partial charge >= 0.3 is 0 Å². The average Bonchev–Trinajstić information content (AvgIpc) is 2.24. The third-order valence-corrected chi connectivity index (χ3v) is 1.33. The largest absolute Gasteiger partial charge is 0.107 e. The van der Waals surface area contributed by atoms with Crippen LogP contribution in [0.5, 0.6) is 0 Å². The van der Waals surface area contributed by atoms with E-state index in [-0.39, 0.29) is 113 Å². The van der Waals surface area contributed by atoms with E-state index in [1.807, 2.05) is 72.8 Å². The van der Waals surface area contributed by atoms with Gasteiger partial charge in [0.1, 0.15) is 0 Å². The molecule has 0 spiro atoms. The van der Waals surface area contributed by atoms with Gasteiger partial charge in [-0.05, 0) is 0 Å². The van der Waals surface area contributed by atoms with Gasteiger partial charge in [0.25, 0.3) is 0 Å². The molecule has 5 heteroatoms. The SMILES string of the molecule is I.I.I.I.[Cu].c1ccccc1.c1ccccc1. The molecule has 0 amide bonds. The van der Waals surface area contributed by atoms with Gasteiger partial charge in [0.05, 0.1) is 0 Å². The van der Waals surface area contributed by atoms with E-state index in [1.54, 1.807) is 0 Å². The van der Waals surface area contributed by atoms with E-state index in [9.17, 15) is 0 Å². The fraction of sp³-hybridized carbons (Fsp3) is 0. The van der Waals surface area contributed by atoms with Crippen LogP contribution in [-0.4, -0.2) is 0 Å². The van der Waals surface area contributed by atoms with E-state index >= 15 is 0 Å². The van der Waals surface area contributed by atoms with Crippen molar-refractivity contribution in [2.75, 3.05) is 0 Å². The van der Waals surface area contributed by atoms with E-state index in [2.05, 4.69) is 0 Å². The Hall–Kier alpha value is 1.88. The number of hydrogen-bond acceptors (Lipinski definition) is 0. The predicted octanol–water partition coefficient (Wildman–Crippen LogP) is 5.84. The Labute approximate surface area is 183 Å². The summed E-state index contributed by atoms with van der Waals surface area (Å²) < 4.78 is 0. The van der Waals surface area contributed by atoms with Crippen LogP contribution in [0.1, 0.15) is 0 Å². The fourth-order valence-corrected chi connectivity index (χ4v) is 0.770. The summed E-state index contributed by atoms with van der Waals surface area (Å²) in [6.45, 7) is 0. The second kappa shape index (κ2) is 26.4. The molecule has 0 heterocycles. The molecule has 0 N–H and O–H groups in total. The third-order valence-electron chi connectivity index (χ3n) is 1.33. The van der Waals surface area contributed by atoms with Crippen LogP contribution in [0.4, 0.5) is 0 Å². The molecule has 0 aromatic heterocycles. The van der Waals surface area contributed by atoms with Gasteiger partial charge in [0.15, 0.2) is 0 Å². The standard InChI is InChI=1S/2C6H6.Cu.4HI/c2*1-2-4-6-5-3-1;;;;;/h2*1-6H;;4*1H. The minimum absolute atomic E-state index is 0. The monoisotopic (exact) mass is 731 g/mol. The van der Waals surface area contributed by atoms with Crippen LogP contribution in [0.15, 0.2) is 72.8 Å². The minimum atomic E-state index is 0. The van der Waals surface area contributed by atoms with Crippen molar-refractivity contribution in [2.45, 2.75) is 0 Å². The molecule has 0 fully saturated rings. The molecule has 2 aromatic rings. The number of rotatable bonds is 0. The van der Waals surface area contributed by atoms with Gasteiger partial charge in [-0.3, -0.25) is 0 Å². The second-order valence-electron chi connectivity index (χ2n) is 2.31. The van der Waals surface area contributed by atoms with Crippen molar-refractivity contribution in [3.05, 3.63) is 72.8 Å². The first-order chi connectivity index (χ1) is 6.00. The first kappa shape index (κ1) is 31.3. The summed E-state index contributed by atoms with van der Waals surface area (Å²) in [6, 6.07) is 24.0.